The van der Waals surface area contributed by atoms with Crippen LogP contribution in [0.5, 0.6) is 11.5 Å². The highest BCUT2D eigenvalue weighted by atomic mass is 16.7. The summed E-state index contributed by atoms with van der Waals surface area (Å²) >= 11 is 0. The minimum Gasteiger partial charge on any atom is -0.467 e. The molecule has 2 aromatic rings. The van der Waals surface area contributed by atoms with Crippen LogP contribution in [0.1, 0.15) is 83.3 Å². The summed E-state index contributed by atoms with van der Waals surface area (Å²) in [7, 11) is 2.19. The number of fused-ring (bicyclic) bond motifs is 2. The number of benzene rings is 2. The van der Waals surface area contributed by atoms with Crippen LogP contribution in [0.3, 0.4) is 0 Å². The smallest absolute Gasteiger partial charge is 0.409 e. The third kappa shape index (κ3) is 7.97. The number of hydrogen-bond donors (Lipinski definition) is 2. The minimum atomic E-state index is -0.565. The van der Waals surface area contributed by atoms with Crippen LogP contribution in [0.25, 0.3) is 0 Å². The molecule has 1 fully saturated rings. The average molecular weight is 639 g/mol. The molecule has 254 valence electrons. The van der Waals surface area contributed by atoms with E-state index in [1.807, 2.05) is 46.0 Å². The number of piperidine rings is 1. The first-order valence-electron chi connectivity index (χ1n) is 16.7. The lowest BCUT2D eigenvalue weighted by atomic mass is 9.82. The molecule has 2 aromatic carbocycles. The first kappa shape index (κ1) is 36.4. The number of nitrogens with zero attached hydrogens (tertiary/aromatic N) is 3. The topological polar surface area (TPSA) is 96.3 Å². The normalized spacial score (nSPS) is 21.3. The van der Waals surface area contributed by atoms with E-state index in [-0.39, 0.29) is 30.6 Å². The predicted molar refractivity (Wildman–Crippen MR) is 186 cm³/mol. The molecule has 3 aliphatic heterocycles. The molecule has 5 rings (SSSR count). The van der Waals surface area contributed by atoms with Gasteiger partial charge >= 0.3 is 14.1 Å². The highest BCUT2D eigenvalue weighted by molar-refractivity contribution is 6.54. The molecule has 0 aliphatic carbocycles. The zero-order valence-corrected chi connectivity index (χ0v) is 29.4. The molecule has 10 nitrogen and oxygen atoms in total. The molecule has 0 spiro atoms. The molecule has 0 amide bonds. The summed E-state index contributed by atoms with van der Waals surface area (Å²) in [6.07, 6.45) is 4.50. The van der Waals surface area contributed by atoms with Crippen LogP contribution >= 0.6 is 0 Å². The summed E-state index contributed by atoms with van der Waals surface area (Å²) in [5.41, 5.74) is 4.36. The number of methoxy groups -OCH3 is 2. The monoisotopic (exact) mass is 639 g/mol. The lowest BCUT2D eigenvalue weighted by Gasteiger charge is -2.51. The van der Waals surface area contributed by atoms with Gasteiger partial charge in [0, 0.05) is 72.7 Å². The second-order valence-corrected chi connectivity index (χ2v) is 13.9. The van der Waals surface area contributed by atoms with Crippen LogP contribution in [0.2, 0.25) is 13.6 Å². The van der Waals surface area contributed by atoms with E-state index in [2.05, 4.69) is 39.7 Å². The van der Waals surface area contributed by atoms with E-state index in [1.165, 1.54) is 12.0 Å². The Bertz CT molecular complexity index is 1260. The first-order valence-corrected chi connectivity index (χ1v) is 16.7. The Morgan fingerprint density at radius 3 is 1.65 bits per heavy atom. The van der Waals surface area contributed by atoms with E-state index in [1.54, 1.807) is 27.9 Å². The van der Waals surface area contributed by atoms with Crippen LogP contribution in [-0.2, 0) is 14.3 Å². The van der Waals surface area contributed by atoms with Crippen molar-refractivity contribution in [1.29, 1.82) is 0 Å². The lowest BCUT2D eigenvalue weighted by molar-refractivity contribution is -0.282. The van der Waals surface area contributed by atoms with Crippen LogP contribution < -0.4 is 19.1 Å². The molecule has 12 heteroatoms. The third-order valence-electron chi connectivity index (χ3n) is 9.50. The van der Waals surface area contributed by atoms with Crippen molar-refractivity contribution in [2.45, 2.75) is 96.9 Å². The second kappa shape index (κ2) is 15.6. The van der Waals surface area contributed by atoms with Gasteiger partial charge in [0.1, 0.15) is 11.5 Å². The highest BCUT2D eigenvalue weighted by Gasteiger charge is 2.44. The van der Waals surface area contributed by atoms with Gasteiger partial charge in [0.2, 0.25) is 0 Å². The summed E-state index contributed by atoms with van der Waals surface area (Å²) in [5.74, 6) is 2.19. The maximum absolute atomic E-state index is 10.3. The van der Waals surface area contributed by atoms with Crippen LogP contribution in [0, 0.1) is 0 Å². The van der Waals surface area contributed by atoms with E-state index in [4.69, 9.17) is 23.8 Å². The standard InChI is InChI=1S/C21H35BN2O4.C13H20BNO3/c1-20(2)11-8-12-21(3,4)24(20)28-14-16-13-23(22(5)25)17-9-7-10-18(19(16)17)27-15-26-6;1-4-10-8-15(14(2)16)11-6-5-7-12(13(10)11)18-9-17-3/h7,9-10,16,25H,8,11-15H2,1-6H3;5-7,10,16H,4,8-9H2,1-3H3. The van der Waals surface area contributed by atoms with Crippen LogP contribution in [0.15, 0.2) is 36.4 Å². The Morgan fingerprint density at radius 1 is 0.761 bits per heavy atom. The van der Waals surface area contributed by atoms with E-state index in [9.17, 15) is 10.0 Å². The molecule has 2 atom stereocenters. The van der Waals surface area contributed by atoms with E-state index >= 15 is 0 Å². The fraction of sp³-hybridized carbons (Fsp3) is 0.647. The molecule has 3 aliphatic rings. The predicted octanol–water partition coefficient (Wildman–Crippen LogP) is 5.75. The summed E-state index contributed by atoms with van der Waals surface area (Å²) < 4.78 is 21.5. The summed E-state index contributed by atoms with van der Waals surface area (Å²) in [6, 6.07) is 11.9. The fourth-order valence-corrected chi connectivity index (χ4v) is 7.40. The van der Waals surface area contributed by atoms with Gasteiger partial charge in [-0.05, 0) is 91.3 Å². The maximum atomic E-state index is 10.3. The van der Waals surface area contributed by atoms with Gasteiger partial charge in [-0.15, -0.1) is 0 Å². The van der Waals surface area contributed by atoms with Crippen molar-refractivity contribution in [2.75, 3.05) is 57.1 Å². The Kier molecular flexibility index (Phi) is 12.3. The molecule has 2 unspecified atom stereocenters. The number of ether oxygens (including phenoxy) is 4. The van der Waals surface area contributed by atoms with Crippen molar-refractivity contribution < 1.29 is 33.8 Å². The Labute approximate surface area is 277 Å². The van der Waals surface area contributed by atoms with Gasteiger partial charge < -0.3 is 38.6 Å². The van der Waals surface area contributed by atoms with Crippen LogP contribution in [0.4, 0.5) is 11.4 Å². The van der Waals surface area contributed by atoms with E-state index in [0.717, 1.165) is 54.2 Å². The fourth-order valence-electron chi connectivity index (χ4n) is 7.40. The number of rotatable bonds is 12. The van der Waals surface area contributed by atoms with Gasteiger partial charge in [-0.2, -0.15) is 5.06 Å². The molecule has 46 heavy (non-hydrogen) atoms. The molecule has 1 saturated heterocycles. The van der Waals surface area contributed by atoms with Crippen molar-refractivity contribution in [3.63, 3.8) is 0 Å². The molecule has 0 bridgehead atoms. The zero-order chi connectivity index (χ0) is 33.6. The molecule has 0 aromatic heterocycles. The highest BCUT2D eigenvalue weighted by Crippen LogP contribution is 2.45. The van der Waals surface area contributed by atoms with E-state index in [0.29, 0.717) is 19.1 Å². The molecular weight excluding hydrogens is 584 g/mol. The first-order chi connectivity index (χ1) is 21.9. The lowest BCUT2D eigenvalue weighted by Crippen LogP contribution is -2.58. The largest absolute Gasteiger partial charge is 0.467 e. The quantitative estimate of drug-likeness (QED) is 0.221. The summed E-state index contributed by atoms with van der Waals surface area (Å²) in [5, 5.41) is 22.3. The number of anilines is 2. The molecular formula is C34H55B2N3O7. The Hall–Kier alpha value is -2.47. The third-order valence-corrected chi connectivity index (χ3v) is 9.50. The van der Waals surface area contributed by atoms with Crippen molar-refractivity contribution in [3.05, 3.63) is 47.5 Å². The van der Waals surface area contributed by atoms with Crippen molar-refractivity contribution in [1.82, 2.24) is 5.06 Å². The SMILES string of the molecule is CCC1CN(B(C)O)c2cccc(OCOC)c21.COCOc1cccc2c1C(CON1C(C)(C)CCCC1(C)C)CN2B(C)O. The number of hydrogen-bond acceptors (Lipinski definition) is 10. The molecule has 0 radical (unpaired) electrons. The molecule has 0 saturated carbocycles. The average Bonchev–Trinajstić information content (AvgIpc) is 3.58. The maximum Gasteiger partial charge on any atom is 0.409 e. The van der Waals surface area contributed by atoms with Gasteiger partial charge in [0.25, 0.3) is 0 Å². The van der Waals surface area contributed by atoms with Gasteiger partial charge in [0.05, 0.1) is 6.61 Å². The second-order valence-electron chi connectivity index (χ2n) is 13.9. The zero-order valence-electron chi connectivity index (χ0n) is 29.4. The minimum absolute atomic E-state index is 0.000784. The summed E-state index contributed by atoms with van der Waals surface area (Å²) in [6.45, 7) is 17.3. The van der Waals surface area contributed by atoms with Crippen LogP contribution in [-0.4, -0.2) is 87.8 Å². The Balaban J connectivity index is 0.000000230. The van der Waals surface area contributed by atoms with E-state index < -0.39 is 14.1 Å². The molecule has 3 heterocycles. The number of hydroxylamine groups is 2. The molecule has 2 N–H and O–H groups in total. The van der Waals surface area contributed by atoms with Gasteiger partial charge in [-0.25, -0.2) is 0 Å². The van der Waals surface area contributed by atoms with Crippen molar-refractivity contribution in [3.8, 4) is 11.5 Å². The van der Waals surface area contributed by atoms with Crippen molar-refractivity contribution >= 4 is 25.5 Å². The van der Waals surface area contributed by atoms with Gasteiger partial charge in [0.15, 0.2) is 13.6 Å². The summed E-state index contributed by atoms with van der Waals surface area (Å²) in [4.78, 5) is 10.5. The Morgan fingerprint density at radius 2 is 1.22 bits per heavy atom. The van der Waals surface area contributed by atoms with Crippen molar-refractivity contribution in [2.24, 2.45) is 0 Å². The van der Waals surface area contributed by atoms with Gasteiger partial charge in [-0.1, -0.05) is 19.1 Å². The van der Waals surface area contributed by atoms with Gasteiger partial charge in [-0.3, -0.25) is 4.84 Å².